The monoisotopic (exact) mass is 438 g/mol. The van der Waals surface area contributed by atoms with Crippen LogP contribution in [-0.2, 0) is 15.9 Å². The molecular weight excluding hydrogens is 412 g/mol. The number of halogens is 1. The molecule has 8 heteroatoms. The second-order valence-electron chi connectivity index (χ2n) is 7.07. The van der Waals surface area contributed by atoms with Crippen molar-refractivity contribution >= 4 is 11.6 Å². The van der Waals surface area contributed by atoms with E-state index in [2.05, 4.69) is 0 Å². The lowest BCUT2D eigenvalue weighted by molar-refractivity contribution is -0.292. The Morgan fingerprint density at radius 1 is 1.00 bits per heavy atom. The molecule has 164 valence electrons. The Labute approximate surface area is 180 Å². The van der Waals surface area contributed by atoms with Gasteiger partial charge in [0.2, 0.25) is 0 Å². The van der Waals surface area contributed by atoms with Crippen molar-refractivity contribution in [2.75, 3.05) is 20.8 Å². The minimum Gasteiger partial charge on any atom is -0.496 e. The van der Waals surface area contributed by atoms with Crippen LogP contribution in [0.3, 0.4) is 0 Å². The second-order valence-corrected chi connectivity index (χ2v) is 7.48. The Hall–Kier alpha value is -1.87. The van der Waals surface area contributed by atoms with E-state index in [0.29, 0.717) is 29.4 Å². The highest BCUT2D eigenvalue weighted by molar-refractivity contribution is 6.31. The van der Waals surface area contributed by atoms with Crippen LogP contribution in [-0.4, -0.2) is 60.7 Å². The molecule has 1 aliphatic rings. The van der Waals surface area contributed by atoms with Crippen LogP contribution in [0.25, 0.3) is 0 Å². The zero-order chi connectivity index (χ0) is 21.8. The molecule has 3 rings (SSSR count). The van der Waals surface area contributed by atoms with Crippen molar-refractivity contribution in [1.82, 2.24) is 0 Å². The molecule has 2 aromatic rings. The molecule has 0 spiro atoms. The normalized spacial score (nSPS) is 26.4. The summed E-state index contributed by atoms with van der Waals surface area (Å²) in [6.07, 6.45) is -5.72. The maximum Gasteiger partial charge on any atom is 0.186 e. The van der Waals surface area contributed by atoms with E-state index in [1.165, 1.54) is 14.2 Å². The van der Waals surface area contributed by atoms with Crippen molar-refractivity contribution in [3.05, 3.63) is 58.1 Å². The van der Waals surface area contributed by atoms with Crippen molar-refractivity contribution in [3.63, 3.8) is 0 Å². The van der Waals surface area contributed by atoms with E-state index in [9.17, 15) is 15.3 Å². The number of hydrogen-bond donors (Lipinski definition) is 3. The van der Waals surface area contributed by atoms with Crippen molar-refractivity contribution in [2.24, 2.45) is 0 Å². The first-order valence-electron chi connectivity index (χ1n) is 9.70. The Kier molecular flexibility index (Phi) is 7.57. The van der Waals surface area contributed by atoms with Gasteiger partial charge in [-0.25, -0.2) is 0 Å². The summed E-state index contributed by atoms with van der Waals surface area (Å²) in [5.74, 6) is 1.19. The summed E-state index contributed by atoms with van der Waals surface area (Å²) in [6, 6.07) is 11.1. The summed E-state index contributed by atoms with van der Waals surface area (Å²) in [4.78, 5) is 0. The third-order valence-electron chi connectivity index (χ3n) is 5.14. The lowest BCUT2D eigenvalue weighted by Crippen LogP contribution is -2.54. The molecule has 7 nitrogen and oxygen atoms in total. The van der Waals surface area contributed by atoms with E-state index in [0.717, 1.165) is 16.9 Å². The SMILES string of the molecule is CCOc1ccc(Cc2cc(C3OC(OC)C(O)C(O)C3O)c(OC)cc2Cl)cc1. The molecule has 2 aromatic carbocycles. The van der Waals surface area contributed by atoms with Crippen LogP contribution in [0.1, 0.15) is 29.7 Å². The van der Waals surface area contributed by atoms with Crippen molar-refractivity contribution in [1.29, 1.82) is 0 Å². The van der Waals surface area contributed by atoms with Gasteiger partial charge in [0.15, 0.2) is 6.29 Å². The molecule has 3 N–H and O–H groups in total. The summed E-state index contributed by atoms with van der Waals surface area (Å²) in [5.41, 5.74) is 2.32. The molecule has 0 radical (unpaired) electrons. The molecule has 5 unspecified atom stereocenters. The van der Waals surface area contributed by atoms with Gasteiger partial charge in [-0.2, -0.15) is 0 Å². The maximum absolute atomic E-state index is 10.5. The van der Waals surface area contributed by atoms with Gasteiger partial charge >= 0.3 is 0 Å². The summed E-state index contributed by atoms with van der Waals surface area (Å²) in [5, 5.41) is 31.3. The highest BCUT2D eigenvalue weighted by atomic mass is 35.5. The summed E-state index contributed by atoms with van der Waals surface area (Å²) < 4.78 is 21.7. The number of hydrogen-bond acceptors (Lipinski definition) is 7. The van der Waals surface area contributed by atoms with Gasteiger partial charge in [-0.1, -0.05) is 23.7 Å². The molecule has 1 saturated heterocycles. The highest BCUT2D eigenvalue weighted by Gasteiger charge is 2.45. The van der Waals surface area contributed by atoms with Crippen LogP contribution in [0.2, 0.25) is 5.02 Å². The van der Waals surface area contributed by atoms with Gasteiger partial charge in [0, 0.05) is 17.7 Å². The second kappa shape index (κ2) is 9.96. The summed E-state index contributed by atoms with van der Waals surface area (Å²) in [7, 11) is 2.83. The lowest BCUT2D eigenvalue weighted by atomic mass is 9.91. The fourth-order valence-corrected chi connectivity index (χ4v) is 3.76. The number of benzene rings is 2. The average Bonchev–Trinajstić information content (AvgIpc) is 2.75. The molecule has 0 bridgehead atoms. The first kappa shape index (κ1) is 22.8. The molecule has 1 heterocycles. The summed E-state index contributed by atoms with van der Waals surface area (Å²) in [6.45, 7) is 2.53. The molecule has 30 heavy (non-hydrogen) atoms. The van der Waals surface area contributed by atoms with Crippen LogP contribution in [0.5, 0.6) is 11.5 Å². The van der Waals surface area contributed by atoms with Gasteiger partial charge in [0.05, 0.1) is 13.7 Å². The Morgan fingerprint density at radius 3 is 2.30 bits per heavy atom. The van der Waals surface area contributed by atoms with Gasteiger partial charge < -0.3 is 34.3 Å². The van der Waals surface area contributed by atoms with Gasteiger partial charge in [-0.3, -0.25) is 0 Å². The minimum atomic E-state index is -1.44. The van der Waals surface area contributed by atoms with Gasteiger partial charge in [0.1, 0.15) is 35.9 Å². The van der Waals surface area contributed by atoms with Crippen LogP contribution < -0.4 is 9.47 Å². The topological polar surface area (TPSA) is 97.6 Å². The zero-order valence-electron chi connectivity index (χ0n) is 17.1. The Bertz CT molecular complexity index is 840. The molecule has 5 atom stereocenters. The predicted molar refractivity (Wildman–Crippen MR) is 111 cm³/mol. The third kappa shape index (κ3) is 4.72. The Morgan fingerprint density at radius 2 is 1.70 bits per heavy atom. The van der Waals surface area contributed by atoms with E-state index in [1.54, 1.807) is 12.1 Å². The number of aliphatic hydroxyl groups excluding tert-OH is 3. The molecule has 0 saturated carbocycles. The summed E-state index contributed by atoms with van der Waals surface area (Å²) >= 11 is 6.47. The fraction of sp³-hybridized carbons (Fsp3) is 0.455. The van der Waals surface area contributed by atoms with E-state index >= 15 is 0 Å². The highest BCUT2D eigenvalue weighted by Crippen LogP contribution is 2.40. The van der Waals surface area contributed by atoms with Crippen molar-refractivity contribution in [3.8, 4) is 11.5 Å². The molecule has 0 aromatic heterocycles. The number of aliphatic hydroxyl groups is 3. The van der Waals surface area contributed by atoms with Gasteiger partial charge in [-0.05, 0) is 48.7 Å². The van der Waals surface area contributed by atoms with Crippen molar-refractivity contribution in [2.45, 2.75) is 44.1 Å². The largest absolute Gasteiger partial charge is 0.496 e. The molecular formula is C22H27ClO7. The van der Waals surface area contributed by atoms with Crippen LogP contribution in [0.4, 0.5) is 0 Å². The number of ether oxygens (including phenoxy) is 4. The van der Waals surface area contributed by atoms with Crippen LogP contribution >= 0.6 is 11.6 Å². The first-order chi connectivity index (χ1) is 14.4. The molecule has 0 amide bonds. The van der Waals surface area contributed by atoms with Crippen molar-refractivity contribution < 1.29 is 34.3 Å². The van der Waals surface area contributed by atoms with E-state index in [4.69, 9.17) is 30.5 Å². The lowest BCUT2D eigenvalue weighted by Gasteiger charge is -2.40. The first-order valence-corrected chi connectivity index (χ1v) is 10.1. The average molecular weight is 439 g/mol. The van der Waals surface area contributed by atoms with Crippen LogP contribution in [0.15, 0.2) is 36.4 Å². The maximum atomic E-state index is 10.5. The van der Waals surface area contributed by atoms with Gasteiger partial charge in [0.25, 0.3) is 0 Å². The van der Waals surface area contributed by atoms with E-state index in [-0.39, 0.29) is 0 Å². The van der Waals surface area contributed by atoms with E-state index < -0.39 is 30.7 Å². The van der Waals surface area contributed by atoms with E-state index in [1.807, 2.05) is 31.2 Å². The Balaban J connectivity index is 1.93. The zero-order valence-corrected chi connectivity index (χ0v) is 17.9. The quantitative estimate of drug-likeness (QED) is 0.610. The smallest absolute Gasteiger partial charge is 0.186 e. The number of rotatable bonds is 7. The fourth-order valence-electron chi connectivity index (χ4n) is 3.54. The standard InChI is InChI=1S/C22H27ClO7/c1-4-29-14-7-5-12(6-8-14)9-13-10-15(17(27-2)11-16(13)23)21-19(25)18(24)20(26)22(28-3)30-21/h5-8,10-11,18-22,24-26H,4,9H2,1-3H3. The minimum absolute atomic E-state index is 0.401. The number of methoxy groups -OCH3 is 2. The van der Waals surface area contributed by atoms with Gasteiger partial charge in [-0.15, -0.1) is 0 Å². The predicted octanol–water partition coefficient (Wildman–Crippen LogP) is 2.46. The van der Waals surface area contributed by atoms with Crippen LogP contribution in [0, 0.1) is 0 Å². The molecule has 1 aliphatic heterocycles. The molecule has 0 aliphatic carbocycles. The third-order valence-corrected chi connectivity index (χ3v) is 5.49. The molecule has 1 fully saturated rings.